The van der Waals surface area contributed by atoms with Gasteiger partial charge in [-0.05, 0) is 24.6 Å². The molecule has 0 unspecified atom stereocenters. The number of piperazine rings is 1. The zero-order valence-corrected chi connectivity index (χ0v) is 14.5. The minimum absolute atomic E-state index is 0.341. The first kappa shape index (κ1) is 16.7. The number of ether oxygens (including phenoxy) is 1. The lowest BCUT2D eigenvalue weighted by Gasteiger charge is -2.34. The maximum Gasteiger partial charge on any atom is 0.243 e. The number of hydrogen-bond acceptors (Lipinski definition) is 6. The van der Waals surface area contributed by atoms with Crippen LogP contribution in [0.25, 0.3) is 0 Å². The van der Waals surface area contributed by atoms with Crippen LogP contribution in [-0.2, 0) is 10.0 Å². The van der Waals surface area contributed by atoms with Crippen LogP contribution < -0.4 is 9.64 Å². The first-order valence-corrected chi connectivity index (χ1v) is 9.13. The first-order valence-electron chi connectivity index (χ1n) is 7.69. The minimum Gasteiger partial charge on any atom is -0.481 e. The van der Waals surface area contributed by atoms with Crippen molar-refractivity contribution in [2.75, 3.05) is 38.2 Å². The van der Waals surface area contributed by atoms with Crippen LogP contribution >= 0.6 is 0 Å². The maximum absolute atomic E-state index is 12.7. The van der Waals surface area contributed by atoms with Crippen LogP contribution in [0.5, 0.6) is 5.88 Å². The van der Waals surface area contributed by atoms with Crippen molar-refractivity contribution in [1.82, 2.24) is 14.3 Å². The van der Waals surface area contributed by atoms with Gasteiger partial charge in [0.25, 0.3) is 0 Å². The van der Waals surface area contributed by atoms with Crippen molar-refractivity contribution in [3.63, 3.8) is 0 Å². The van der Waals surface area contributed by atoms with Crippen molar-refractivity contribution in [3.05, 3.63) is 42.1 Å². The number of rotatable bonds is 4. The summed E-state index contributed by atoms with van der Waals surface area (Å²) in [4.78, 5) is 10.8. The summed E-state index contributed by atoms with van der Waals surface area (Å²) in [6.07, 6.45) is 1.64. The molecule has 1 aliphatic rings. The molecule has 0 bridgehead atoms. The third kappa shape index (κ3) is 3.34. The minimum atomic E-state index is -3.46. The van der Waals surface area contributed by atoms with Gasteiger partial charge in [0.2, 0.25) is 21.9 Å². The molecular formula is C16H20N4O3S. The molecule has 1 aromatic heterocycles. The van der Waals surface area contributed by atoms with Crippen molar-refractivity contribution in [3.8, 4) is 5.88 Å². The number of aromatic nitrogens is 2. The largest absolute Gasteiger partial charge is 0.481 e. The van der Waals surface area contributed by atoms with Crippen molar-refractivity contribution in [2.45, 2.75) is 11.8 Å². The maximum atomic E-state index is 12.7. The highest BCUT2D eigenvalue weighted by Crippen LogP contribution is 2.20. The fourth-order valence-electron chi connectivity index (χ4n) is 2.65. The molecule has 0 N–H and O–H groups in total. The van der Waals surface area contributed by atoms with Gasteiger partial charge in [-0.15, -0.1) is 0 Å². The molecule has 7 nitrogen and oxygen atoms in total. The molecule has 0 spiro atoms. The van der Waals surface area contributed by atoms with Crippen LogP contribution in [0.4, 0.5) is 5.95 Å². The lowest BCUT2D eigenvalue weighted by Crippen LogP contribution is -2.49. The average molecular weight is 348 g/mol. The Kier molecular flexibility index (Phi) is 4.68. The Morgan fingerprint density at radius 1 is 1.12 bits per heavy atom. The molecule has 0 amide bonds. The molecule has 0 atom stereocenters. The molecule has 1 aliphatic heterocycles. The van der Waals surface area contributed by atoms with Gasteiger partial charge in [-0.25, -0.2) is 13.4 Å². The van der Waals surface area contributed by atoms with E-state index in [0.29, 0.717) is 42.9 Å². The topological polar surface area (TPSA) is 75.6 Å². The van der Waals surface area contributed by atoms with E-state index in [2.05, 4.69) is 9.97 Å². The van der Waals surface area contributed by atoms with E-state index in [0.717, 1.165) is 5.56 Å². The summed E-state index contributed by atoms with van der Waals surface area (Å²) in [7, 11) is -1.91. The molecule has 0 saturated carbocycles. The monoisotopic (exact) mass is 348 g/mol. The van der Waals surface area contributed by atoms with E-state index in [9.17, 15) is 8.42 Å². The number of hydrogen-bond donors (Lipinski definition) is 0. The predicted molar refractivity (Wildman–Crippen MR) is 90.7 cm³/mol. The Hall–Kier alpha value is -2.19. The van der Waals surface area contributed by atoms with E-state index in [-0.39, 0.29) is 0 Å². The Morgan fingerprint density at radius 2 is 1.88 bits per heavy atom. The summed E-state index contributed by atoms with van der Waals surface area (Å²) in [5.74, 6) is 1.05. The highest BCUT2D eigenvalue weighted by molar-refractivity contribution is 7.89. The first-order chi connectivity index (χ1) is 11.5. The van der Waals surface area contributed by atoms with Crippen molar-refractivity contribution >= 4 is 16.0 Å². The number of anilines is 1. The van der Waals surface area contributed by atoms with Gasteiger partial charge < -0.3 is 9.64 Å². The molecule has 1 fully saturated rings. The molecule has 128 valence electrons. The number of nitrogens with zero attached hydrogens (tertiary/aromatic N) is 4. The lowest BCUT2D eigenvalue weighted by atomic mass is 10.2. The number of sulfonamides is 1. The predicted octanol–water partition coefficient (Wildman–Crippen LogP) is 1.30. The molecule has 1 aromatic carbocycles. The summed E-state index contributed by atoms with van der Waals surface area (Å²) in [6.45, 7) is 3.77. The van der Waals surface area contributed by atoms with Gasteiger partial charge in [0.1, 0.15) is 0 Å². The quantitative estimate of drug-likeness (QED) is 0.829. The fraction of sp³-hybridized carbons (Fsp3) is 0.375. The molecule has 0 radical (unpaired) electrons. The molecule has 8 heteroatoms. The second-order valence-corrected chi connectivity index (χ2v) is 7.54. The standard InChI is InChI=1S/C16H20N4O3S/c1-13-4-3-5-14(12-13)24(21,22)20-10-8-19(9-11-20)16-17-7-6-15(18-16)23-2/h3-7,12H,8-11H2,1-2H3. The third-order valence-electron chi connectivity index (χ3n) is 3.98. The fourth-order valence-corrected chi connectivity index (χ4v) is 4.18. The van der Waals surface area contributed by atoms with E-state index in [1.807, 2.05) is 17.9 Å². The summed E-state index contributed by atoms with van der Waals surface area (Å²) < 4.78 is 32.1. The smallest absolute Gasteiger partial charge is 0.243 e. The van der Waals surface area contributed by atoms with E-state index < -0.39 is 10.0 Å². The van der Waals surface area contributed by atoms with Gasteiger partial charge in [0, 0.05) is 38.4 Å². The molecule has 2 heterocycles. The van der Waals surface area contributed by atoms with E-state index in [1.165, 1.54) is 4.31 Å². The van der Waals surface area contributed by atoms with Gasteiger partial charge in [0.15, 0.2) is 0 Å². The number of benzene rings is 1. The van der Waals surface area contributed by atoms with Gasteiger partial charge in [-0.2, -0.15) is 9.29 Å². The normalized spacial score (nSPS) is 16.2. The van der Waals surface area contributed by atoms with Gasteiger partial charge >= 0.3 is 0 Å². The summed E-state index contributed by atoms with van der Waals surface area (Å²) in [6, 6.07) is 8.67. The third-order valence-corrected chi connectivity index (χ3v) is 5.87. The highest BCUT2D eigenvalue weighted by atomic mass is 32.2. The number of methoxy groups -OCH3 is 1. The van der Waals surface area contributed by atoms with Crippen molar-refractivity contribution < 1.29 is 13.2 Å². The second kappa shape index (κ2) is 6.74. The van der Waals surface area contributed by atoms with E-state index >= 15 is 0 Å². The molecule has 24 heavy (non-hydrogen) atoms. The van der Waals surface area contributed by atoms with Crippen molar-refractivity contribution in [2.24, 2.45) is 0 Å². The van der Waals surface area contributed by atoms with Crippen LogP contribution in [0.3, 0.4) is 0 Å². The zero-order chi connectivity index (χ0) is 17.2. The van der Waals surface area contributed by atoms with Crippen LogP contribution in [-0.4, -0.2) is 56.0 Å². The highest BCUT2D eigenvalue weighted by Gasteiger charge is 2.29. The average Bonchev–Trinajstić information content (AvgIpc) is 2.62. The van der Waals surface area contributed by atoms with Gasteiger partial charge in [-0.3, -0.25) is 0 Å². The van der Waals surface area contributed by atoms with Crippen LogP contribution in [0, 0.1) is 6.92 Å². The van der Waals surface area contributed by atoms with E-state index in [1.54, 1.807) is 37.6 Å². The molecule has 1 saturated heterocycles. The Labute approximate surface area is 142 Å². The Balaban J connectivity index is 1.72. The summed E-state index contributed by atoms with van der Waals surface area (Å²) in [5, 5.41) is 0. The lowest BCUT2D eigenvalue weighted by molar-refractivity contribution is 0.377. The SMILES string of the molecule is COc1ccnc(N2CCN(S(=O)(=O)c3cccc(C)c3)CC2)n1. The van der Waals surface area contributed by atoms with Crippen LogP contribution in [0.15, 0.2) is 41.4 Å². The molecule has 2 aromatic rings. The second-order valence-electron chi connectivity index (χ2n) is 5.61. The Morgan fingerprint density at radius 3 is 2.54 bits per heavy atom. The summed E-state index contributed by atoms with van der Waals surface area (Å²) >= 11 is 0. The van der Waals surface area contributed by atoms with Crippen LogP contribution in [0.2, 0.25) is 0 Å². The molecule has 0 aliphatic carbocycles. The Bertz CT molecular complexity index is 818. The zero-order valence-electron chi connectivity index (χ0n) is 13.7. The summed E-state index contributed by atoms with van der Waals surface area (Å²) in [5.41, 5.74) is 0.930. The molecular weight excluding hydrogens is 328 g/mol. The van der Waals surface area contributed by atoms with Crippen molar-refractivity contribution in [1.29, 1.82) is 0 Å². The van der Waals surface area contributed by atoms with Crippen LogP contribution in [0.1, 0.15) is 5.56 Å². The van der Waals surface area contributed by atoms with Gasteiger partial charge in [0.05, 0.1) is 12.0 Å². The van der Waals surface area contributed by atoms with Gasteiger partial charge in [-0.1, -0.05) is 12.1 Å². The molecule has 3 rings (SSSR count). The van der Waals surface area contributed by atoms with E-state index in [4.69, 9.17) is 4.74 Å². The number of aryl methyl sites for hydroxylation is 1.